The standard InChI is InChI=1S/C21H15ClFN3O2/c1-28-19-5-3-2-4-15(19)21(27)24-20-14-8-6-13(11-18(14)25-26-20)12-7-9-17(23)16(22)10-12/h2-11H,1H3,(H2,24,25,26,27). The lowest BCUT2D eigenvalue weighted by Gasteiger charge is -2.08. The molecule has 5 nitrogen and oxygen atoms in total. The number of para-hydroxylation sites is 1. The first-order valence-electron chi connectivity index (χ1n) is 8.45. The van der Waals surface area contributed by atoms with E-state index in [4.69, 9.17) is 16.3 Å². The summed E-state index contributed by atoms with van der Waals surface area (Å²) in [6.07, 6.45) is 0. The minimum Gasteiger partial charge on any atom is -0.496 e. The van der Waals surface area contributed by atoms with Gasteiger partial charge in [0.05, 0.1) is 23.2 Å². The molecule has 28 heavy (non-hydrogen) atoms. The van der Waals surface area contributed by atoms with Crippen molar-refractivity contribution in [2.75, 3.05) is 12.4 Å². The lowest BCUT2D eigenvalue weighted by atomic mass is 10.0. The van der Waals surface area contributed by atoms with Gasteiger partial charge in [-0.2, -0.15) is 5.10 Å². The summed E-state index contributed by atoms with van der Waals surface area (Å²) in [4.78, 5) is 12.6. The van der Waals surface area contributed by atoms with Crippen LogP contribution in [0, 0.1) is 5.82 Å². The van der Waals surface area contributed by atoms with E-state index in [-0.39, 0.29) is 10.9 Å². The number of anilines is 1. The van der Waals surface area contributed by atoms with E-state index in [1.54, 1.807) is 36.4 Å². The highest BCUT2D eigenvalue weighted by Crippen LogP contribution is 2.30. The Morgan fingerprint density at radius 1 is 1.11 bits per heavy atom. The van der Waals surface area contributed by atoms with Gasteiger partial charge in [0.25, 0.3) is 5.91 Å². The van der Waals surface area contributed by atoms with Gasteiger partial charge >= 0.3 is 0 Å². The van der Waals surface area contributed by atoms with Gasteiger partial charge in [-0.3, -0.25) is 9.89 Å². The third-order valence-electron chi connectivity index (χ3n) is 4.40. The van der Waals surface area contributed by atoms with Gasteiger partial charge in [0.1, 0.15) is 11.6 Å². The van der Waals surface area contributed by atoms with Crippen LogP contribution in [-0.2, 0) is 0 Å². The Kier molecular flexibility index (Phi) is 4.71. The number of nitrogens with one attached hydrogen (secondary N) is 2. The van der Waals surface area contributed by atoms with Crippen molar-refractivity contribution in [2.45, 2.75) is 0 Å². The third kappa shape index (κ3) is 3.30. The normalized spacial score (nSPS) is 10.8. The Bertz CT molecular complexity index is 1190. The van der Waals surface area contributed by atoms with Crippen molar-refractivity contribution in [3.8, 4) is 16.9 Å². The number of fused-ring (bicyclic) bond motifs is 1. The van der Waals surface area contributed by atoms with Crippen LogP contribution in [0.3, 0.4) is 0 Å². The number of amides is 1. The number of aromatic nitrogens is 2. The van der Waals surface area contributed by atoms with E-state index in [2.05, 4.69) is 15.5 Å². The van der Waals surface area contributed by atoms with Crippen molar-refractivity contribution < 1.29 is 13.9 Å². The fourth-order valence-electron chi connectivity index (χ4n) is 2.98. The second-order valence-corrected chi connectivity index (χ2v) is 6.52. The molecule has 0 atom stereocenters. The number of benzene rings is 3. The molecule has 4 aromatic rings. The van der Waals surface area contributed by atoms with E-state index in [9.17, 15) is 9.18 Å². The van der Waals surface area contributed by atoms with Crippen molar-refractivity contribution >= 4 is 34.2 Å². The van der Waals surface area contributed by atoms with Gasteiger partial charge in [0, 0.05) is 5.39 Å². The molecule has 0 spiro atoms. The lowest BCUT2D eigenvalue weighted by molar-refractivity contribution is 0.102. The molecule has 0 aliphatic heterocycles. The molecule has 0 fully saturated rings. The molecule has 0 bridgehead atoms. The summed E-state index contributed by atoms with van der Waals surface area (Å²) in [6.45, 7) is 0. The van der Waals surface area contributed by atoms with Gasteiger partial charge in [-0.15, -0.1) is 0 Å². The highest BCUT2D eigenvalue weighted by atomic mass is 35.5. The average molecular weight is 396 g/mol. The van der Waals surface area contributed by atoms with Crippen molar-refractivity contribution in [2.24, 2.45) is 0 Å². The second kappa shape index (κ2) is 7.32. The molecule has 1 heterocycles. The minimum absolute atomic E-state index is 0.0620. The highest BCUT2D eigenvalue weighted by molar-refractivity contribution is 6.31. The first-order valence-corrected chi connectivity index (χ1v) is 8.82. The maximum Gasteiger partial charge on any atom is 0.260 e. The predicted octanol–water partition coefficient (Wildman–Crippen LogP) is 5.28. The SMILES string of the molecule is COc1ccccc1C(=O)Nc1n[nH]c2cc(-c3ccc(F)c(Cl)c3)ccc12. The van der Waals surface area contributed by atoms with E-state index >= 15 is 0 Å². The van der Waals surface area contributed by atoms with Crippen molar-refractivity contribution in [3.05, 3.63) is 77.1 Å². The number of H-pyrrole nitrogens is 1. The predicted molar refractivity (Wildman–Crippen MR) is 107 cm³/mol. The van der Waals surface area contributed by atoms with Crippen molar-refractivity contribution in [1.82, 2.24) is 10.2 Å². The van der Waals surface area contributed by atoms with Gasteiger partial charge in [0.15, 0.2) is 5.82 Å². The lowest BCUT2D eigenvalue weighted by Crippen LogP contribution is -2.13. The Balaban J connectivity index is 1.65. The Morgan fingerprint density at radius 3 is 2.64 bits per heavy atom. The third-order valence-corrected chi connectivity index (χ3v) is 4.69. The molecule has 4 rings (SSSR count). The van der Waals surface area contributed by atoms with Crippen LogP contribution in [0.5, 0.6) is 5.75 Å². The zero-order valence-electron chi connectivity index (χ0n) is 14.8. The van der Waals surface area contributed by atoms with Gasteiger partial charge in [-0.1, -0.05) is 35.9 Å². The maximum atomic E-state index is 13.4. The fourth-order valence-corrected chi connectivity index (χ4v) is 3.16. The average Bonchev–Trinajstić information content (AvgIpc) is 3.12. The van der Waals surface area contributed by atoms with Gasteiger partial charge < -0.3 is 10.1 Å². The fraction of sp³-hybridized carbons (Fsp3) is 0.0476. The summed E-state index contributed by atoms with van der Waals surface area (Å²) in [5, 5.41) is 10.7. The van der Waals surface area contributed by atoms with Gasteiger partial charge in [-0.25, -0.2) is 4.39 Å². The van der Waals surface area contributed by atoms with Gasteiger partial charge in [-0.05, 0) is 47.5 Å². The number of hydrogen-bond donors (Lipinski definition) is 2. The van der Waals surface area contributed by atoms with E-state index in [0.717, 1.165) is 22.0 Å². The molecule has 1 aromatic heterocycles. The molecular weight excluding hydrogens is 381 g/mol. The van der Waals surface area contributed by atoms with E-state index in [0.29, 0.717) is 17.1 Å². The van der Waals surface area contributed by atoms with E-state index in [1.807, 2.05) is 18.2 Å². The van der Waals surface area contributed by atoms with Crippen LogP contribution in [0.25, 0.3) is 22.0 Å². The number of carbonyl (C=O) groups excluding carboxylic acids is 1. The largest absolute Gasteiger partial charge is 0.496 e. The van der Waals surface area contributed by atoms with Crippen LogP contribution in [0.4, 0.5) is 10.2 Å². The number of hydrogen-bond acceptors (Lipinski definition) is 3. The quantitative estimate of drug-likeness (QED) is 0.493. The van der Waals surface area contributed by atoms with Gasteiger partial charge in [0.2, 0.25) is 0 Å². The number of aromatic amines is 1. The molecule has 0 saturated carbocycles. The zero-order valence-corrected chi connectivity index (χ0v) is 15.5. The number of methoxy groups -OCH3 is 1. The number of rotatable bonds is 4. The van der Waals surface area contributed by atoms with E-state index < -0.39 is 5.82 Å². The summed E-state index contributed by atoms with van der Waals surface area (Å²) in [6, 6.07) is 17.1. The number of carbonyl (C=O) groups is 1. The number of ether oxygens (including phenoxy) is 1. The summed E-state index contributed by atoms with van der Waals surface area (Å²) < 4.78 is 18.6. The van der Waals surface area contributed by atoms with Crippen LogP contribution in [0.1, 0.15) is 10.4 Å². The van der Waals surface area contributed by atoms with E-state index in [1.165, 1.54) is 13.2 Å². The molecule has 7 heteroatoms. The Labute approximate surface area is 165 Å². The molecule has 0 unspecified atom stereocenters. The summed E-state index contributed by atoms with van der Waals surface area (Å²) >= 11 is 5.87. The van der Waals surface area contributed by atoms with Crippen LogP contribution in [-0.4, -0.2) is 23.2 Å². The van der Waals surface area contributed by atoms with Crippen LogP contribution in [0.15, 0.2) is 60.7 Å². The molecule has 140 valence electrons. The van der Waals surface area contributed by atoms with Crippen molar-refractivity contribution in [1.29, 1.82) is 0 Å². The minimum atomic E-state index is -0.464. The summed E-state index contributed by atoms with van der Waals surface area (Å²) in [7, 11) is 1.51. The Morgan fingerprint density at radius 2 is 1.86 bits per heavy atom. The monoisotopic (exact) mass is 395 g/mol. The molecule has 2 N–H and O–H groups in total. The second-order valence-electron chi connectivity index (χ2n) is 6.12. The molecule has 3 aromatic carbocycles. The summed E-state index contributed by atoms with van der Waals surface area (Å²) in [5.41, 5.74) is 2.77. The van der Waals surface area contributed by atoms with Crippen LogP contribution < -0.4 is 10.1 Å². The smallest absolute Gasteiger partial charge is 0.260 e. The molecular formula is C21H15ClFN3O2. The van der Waals surface area contributed by atoms with Crippen LogP contribution in [0.2, 0.25) is 5.02 Å². The van der Waals surface area contributed by atoms with Crippen LogP contribution >= 0.6 is 11.6 Å². The maximum absolute atomic E-state index is 13.4. The van der Waals surface area contributed by atoms with Crippen molar-refractivity contribution in [3.63, 3.8) is 0 Å². The number of nitrogens with zero attached hydrogens (tertiary/aromatic N) is 1. The molecule has 0 radical (unpaired) electrons. The molecule has 0 aliphatic carbocycles. The molecule has 0 aliphatic rings. The zero-order chi connectivity index (χ0) is 19.7. The first-order chi connectivity index (χ1) is 13.6. The molecule has 1 amide bonds. The molecule has 0 saturated heterocycles. The highest BCUT2D eigenvalue weighted by Gasteiger charge is 2.15. The Hall–Kier alpha value is -3.38. The number of halogens is 2. The summed E-state index contributed by atoms with van der Waals surface area (Å²) in [5.74, 6) is 0.111. The first kappa shape index (κ1) is 18.0. The topological polar surface area (TPSA) is 67.0 Å².